The van der Waals surface area contributed by atoms with Gasteiger partial charge in [-0.3, -0.25) is 4.90 Å². The zero-order valence-electron chi connectivity index (χ0n) is 13.5. The monoisotopic (exact) mass is 278 g/mol. The first-order valence-corrected chi connectivity index (χ1v) is 8.08. The van der Waals surface area contributed by atoms with Crippen molar-refractivity contribution in [3.8, 4) is 0 Å². The molecular formula is C17H30N2O. The van der Waals surface area contributed by atoms with Gasteiger partial charge in [-0.1, -0.05) is 20.8 Å². The number of rotatable bonds is 6. The molecule has 1 aromatic rings. The molecule has 2 heterocycles. The molecule has 0 radical (unpaired) electrons. The van der Waals surface area contributed by atoms with E-state index < -0.39 is 0 Å². The number of likely N-dealkylation sites (tertiary alicyclic amines) is 1. The maximum Gasteiger partial charge on any atom is 0.122 e. The van der Waals surface area contributed by atoms with Gasteiger partial charge in [-0.25, -0.2) is 0 Å². The molecule has 0 saturated carbocycles. The minimum atomic E-state index is 0.676. The summed E-state index contributed by atoms with van der Waals surface area (Å²) in [6, 6.07) is 2.81. The third kappa shape index (κ3) is 4.10. The van der Waals surface area contributed by atoms with Crippen molar-refractivity contribution in [3.05, 3.63) is 23.7 Å². The molecular weight excluding hydrogens is 248 g/mol. The van der Waals surface area contributed by atoms with Crippen LogP contribution in [0.2, 0.25) is 0 Å². The smallest absolute Gasteiger partial charge is 0.122 e. The van der Waals surface area contributed by atoms with Gasteiger partial charge in [0.05, 0.1) is 12.8 Å². The van der Waals surface area contributed by atoms with Crippen LogP contribution in [-0.4, -0.2) is 24.0 Å². The number of nitrogens with zero attached hydrogens (tertiary/aromatic N) is 1. The maximum atomic E-state index is 5.66. The standard InChI is InChI=1S/C17H30N2O/c1-13(2)10-18-11-17-16(7-9-20-17)12-19-8-5-6-14(3)15(19)4/h7,9,13-15,18H,5-6,8,10-12H2,1-4H3. The van der Waals surface area contributed by atoms with Crippen LogP contribution in [0.15, 0.2) is 16.7 Å². The van der Waals surface area contributed by atoms with Crippen LogP contribution in [-0.2, 0) is 13.1 Å². The van der Waals surface area contributed by atoms with Crippen LogP contribution in [0.3, 0.4) is 0 Å². The van der Waals surface area contributed by atoms with Gasteiger partial charge in [0.1, 0.15) is 5.76 Å². The molecule has 114 valence electrons. The molecule has 2 rings (SSSR count). The van der Waals surface area contributed by atoms with E-state index in [4.69, 9.17) is 4.42 Å². The lowest BCUT2D eigenvalue weighted by Gasteiger charge is -2.37. The Morgan fingerprint density at radius 1 is 1.40 bits per heavy atom. The van der Waals surface area contributed by atoms with E-state index in [2.05, 4.69) is 44.0 Å². The highest BCUT2D eigenvalue weighted by molar-refractivity contribution is 5.17. The van der Waals surface area contributed by atoms with Gasteiger partial charge >= 0.3 is 0 Å². The molecule has 1 aliphatic heterocycles. The van der Waals surface area contributed by atoms with Gasteiger partial charge in [-0.05, 0) is 50.8 Å². The highest BCUT2D eigenvalue weighted by Gasteiger charge is 2.25. The number of furan rings is 1. The van der Waals surface area contributed by atoms with Crippen molar-refractivity contribution in [2.75, 3.05) is 13.1 Å². The molecule has 1 saturated heterocycles. The first-order chi connectivity index (χ1) is 9.58. The van der Waals surface area contributed by atoms with Crippen molar-refractivity contribution in [1.82, 2.24) is 10.2 Å². The highest BCUT2D eigenvalue weighted by atomic mass is 16.3. The summed E-state index contributed by atoms with van der Waals surface area (Å²) < 4.78 is 5.66. The van der Waals surface area contributed by atoms with E-state index in [1.807, 2.05) is 6.26 Å². The molecule has 0 amide bonds. The predicted octanol–water partition coefficient (Wildman–Crippen LogP) is 3.65. The topological polar surface area (TPSA) is 28.4 Å². The van der Waals surface area contributed by atoms with Crippen LogP contribution >= 0.6 is 0 Å². The molecule has 2 unspecified atom stereocenters. The van der Waals surface area contributed by atoms with Crippen LogP contribution < -0.4 is 5.32 Å². The van der Waals surface area contributed by atoms with Crippen molar-refractivity contribution in [3.63, 3.8) is 0 Å². The van der Waals surface area contributed by atoms with Crippen LogP contribution in [0.25, 0.3) is 0 Å². The lowest BCUT2D eigenvalue weighted by Crippen LogP contribution is -2.41. The van der Waals surface area contributed by atoms with Gasteiger partial charge in [-0.15, -0.1) is 0 Å². The van der Waals surface area contributed by atoms with Gasteiger partial charge in [0.2, 0.25) is 0 Å². The Bertz CT molecular complexity index is 399. The van der Waals surface area contributed by atoms with Gasteiger partial charge in [0.15, 0.2) is 0 Å². The summed E-state index contributed by atoms with van der Waals surface area (Å²) in [5.41, 5.74) is 1.35. The summed E-state index contributed by atoms with van der Waals surface area (Å²) in [5, 5.41) is 3.47. The van der Waals surface area contributed by atoms with Gasteiger partial charge < -0.3 is 9.73 Å². The first-order valence-electron chi connectivity index (χ1n) is 8.08. The summed E-state index contributed by atoms with van der Waals surface area (Å²) >= 11 is 0. The molecule has 3 heteroatoms. The average Bonchev–Trinajstić information content (AvgIpc) is 2.82. The van der Waals surface area contributed by atoms with E-state index in [0.717, 1.165) is 31.3 Å². The van der Waals surface area contributed by atoms with Crippen LogP contribution in [0.5, 0.6) is 0 Å². The highest BCUT2D eigenvalue weighted by Crippen LogP contribution is 2.25. The Kier molecular flexibility index (Phi) is 5.67. The van der Waals surface area contributed by atoms with Crippen LogP contribution in [0, 0.1) is 11.8 Å². The van der Waals surface area contributed by atoms with E-state index in [0.29, 0.717) is 12.0 Å². The second kappa shape index (κ2) is 7.28. The Morgan fingerprint density at radius 2 is 2.20 bits per heavy atom. The molecule has 0 aliphatic carbocycles. The largest absolute Gasteiger partial charge is 0.468 e. The molecule has 1 fully saturated rings. The lowest BCUT2D eigenvalue weighted by atomic mass is 9.92. The zero-order chi connectivity index (χ0) is 14.5. The van der Waals surface area contributed by atoms with Crippen molar-refractivity contribution in [1.29, 1.82) is 0 Å². The molecule has 3 nitrogen and oxygen atoms in total. The predicted molar refractivity (Wildman–Crippen MR) is 83.5 cm³/mol. The fraction of sp³-hybridized carbons (Fsp3) is 0.765. The fourth-order valence-electron chi connectivity index (χ4n) is 3.00. The molecule has 20 heavy (non-hydrogen) atoms. The second-order valence-corrected chi connectivity index (χ2v) is 6.72. The van der Waals surface area contributed by atoms with Crippen molar-refractivity contribution < 1.29 is 4.42 Å². The quantitative estimate of drug-likeness (QED) is 0.861. The SMILES string of the molecule is CC(C)CNCc1occc1CN1CCCC(C)C1C. The molecule has 0 bridgehead atoms. The third-order valence-electron chi connectivity index (χ3n) is 4.55. The molecule has 1 N–H and O–H groups in total. The average molecular weight is 278 g/mol. The maximum absolute atomic E-state index is 5.66. The Hall–Kier alpha value is -0.800. The fourth-order valence-corrected chi connectivity index (χ4v) is 3.00. The van der Waals surface area contributed by atoms with Gasteiger partial charge in [0.25, 0.3) is 0 Å². The number of piperidine rings is 1. The summed E-state index contributed by atoms with van der Waals surface area (Å²) in [6.45, 7) is 13.3. The number of hydrogen-bond acceptors (Lipinski definition) is 3. The normalized spacial score (nSPS) is 24.4. The number of nitrogens with one attached hydrogen (secondary N) is 1. The minimum Gasteiger partial charge on any atom is -0.468 e. The third-order valence-corrected chi connectivity index (χ3v) is 4.55. The second-order valence-electron chi connectivity index (χ2n) is 6.72. The summed E-state index contributed by atoms with van der Waals surface area (Å²) in [6.07, 6.45) is 4.52. The van der Waals surface area contributed by atoms with E-state index in [1.54, 1.807) is 0 Å². The molecule has 1 aliphatic rings. The van der Waals surface area contributed by atoms with Crippen LogP contribution in [0.4, 0.5) is 0 Å². The van der Waals surface area contributed by atoms with Crippen molar-refractivity contribution >= 4 is 0 Å². The van der Waals surface area contributed by atoms with Crippen molar-refractivity contribution in [2.24, 2.45) is 11.8 Å². The minimum absolute atomic E-state index is 0.676. The lowest BCUT2D eigenvalue weighted by molar-refractivity contribution is 0.106. The van der Waals surface area contributed by atoms with E-state index >= 15 is 0 Å². The summed E-state index contributed by atoms with van der Waals surface area (Å²) in [7, 11) is 0. The summed E-state index contributed by atoms with van der Waals surface area (Å²) in [5.74, 6) is 2.59. The van der Waals surface area contributed by atoms with Crippen LogP contribution in [0.1, 0.15) is 51.9 Å². The molecule has 0 spiro atoms. The Morgan fingerprint density at radius 3 is 2.95 bits per heavy atom. The van der Waals surface area contributed by atoms with E-state index in [9.17, 15) is 0 Å². The molecule has 0 aromatic carbocycles. The Balaban J connectivity index is 1.91. The van der Waals surface area contributed by atoms with E-state index in [-0.39, 0.29) is 0 Å². The molecule has 2 atom stereocenters. The van der Waals surface area contributed by atoms with Gasteiger partial charge in [-0.2, -0.15) is 0 Å². The van der Waals surface area contributed by atoms with Gasteiger partial charge in [0, 0.05) is 18.2 Å². The van der Waals surface area contributed by atoms with E-state index in [1.165, 1.54) is 24.9 Å². The van der Waals surface area contributed by atoms with Crippen molar-refractivity contribution in [2.45, 2.75) is 59.7 Å². The zero-order valence-corrected chi connectivity index (χ0v) is 13.5. The summed E-state index contributed by atoms with van der Waals surface area (Å²) in [4.78, 5) is 2.60. The molecule has 1 aromatic heterocycles. The number of hydrogen-bond donors (Lipinski definition) is 1. The Labute approximate surface area is 123 Å². The first kappa shape index (κ1) is 15.6.